The maximum atomic E-state index is 11.4. The Hall–Kier alpha value is -2.37. The van der Waals surface area contributed by atoms with Crippen LogP contribution in [-0.4, -0.2) is 31.9 Å². The first-order valence-corrected chi connectivity index (χ1v) is 5.65. The van der Waals surface area contributed by atoms with Gasteiger partial charge in [-0.05, 0) is 24.3 Å². The minimum absolute atomic E-state index is 0.0810. The summed E-state index contributed by atoms with van der Waals surface area (Å²) in [6.45, 7) is 1.46. The molecule has 0 spiro atoms. The number of rotatable bonds is 4. The van der Waals surface area contributed by atoms with Crippen molar-refractivity contribution in [3.05, 3.63) is 24.3 Å². The van der Waals surface area contributed by atoms with Gasteiger partial charge in [0.25, 0.3) is 0 Å². The minimum Gasteiger partial charge on any atom is -0.469 e. The number of anilines is 2. The highest BCUT2D eigenvalue weighted by Crippen LogP contribution is 2.17. The highest BCUT2D eigenvalue weighted by Gasteiger charge is 2.10. The van der Waals surface area contributed by atoms with E-state index in [2.05, 4.69) is 10.1 Å². The molecular weight excluding hydrogens is 248 g/mol. The van der Waals surface area contributed by atoms with Gasteiger partial charge in [0, 0.05) is 25.3 Å². The lowest BCUT2D eigenvalue weighted by Gasteiger charge is -2.15. The van der Waals surface area contributed by atoms with E-state index in [0.717, 1.165) is 5.69 Å². The van der Waals surface area contributed by atoms with Crippen molar-refractivity contribution in [1.29, 1.82) is 0 Å². The zero-order valence-corrected chi connectivity index (χ0v) is 11.1. The van der Waals surface area contributed by atoms with E-state index in [4.69, 9.17) is 0 Å². The molecule has 0 saturated heterocycles. The van der Waals surface area contributed by atoms with Crippen molar-refractivity contribution >= 4 is 29.2 Å². The fourth-order valence-electron chi connectivity index (χ4n) is 1.36. The number of hydrogen-bond donors (Lipinski definition) is 1. The molecule has 102 valence electrons. The van der Waals surface area contributed by atoms with E-state index < -0.39 is 11.9 Å². The van der Waals surface area contributed by atoms with Crippen LogP contribution in [0.2, 0.25) is 0 Å². The Kier molecular flexibility index (Phi) is 5.05. The highest BCUT2D eigenvalue weighted by atomic mass is 16.5. The Morgan fingerprint density at radius 3 is 2.26 bits per heavy atom. The molecule has 0 aliphatic carbocycles. The summed E-state index contributed by atoms with van der Waals surface area (Å²) in [7, 11) is 2.88. The zero-order chi connectivity index (χ0) is 14.4. The van der Waals surface area contributed by atoms with E-state index in [1.165, 1.54) is 18.9 Å². The molecule has 1 N–H and O–H groups in total. The third kappa shape index (κ3) is 4.42. The lowest BCUT2D eigenvalue weighted by Crippen LogP contribution is -2.22. The Labute approximate surface area is 111 Å². The average molecular weight is 264 g/mol. The van der Waals surface area contributed by atoms with Crippen molar-refractivity contribution in [2.24, 2.45) is 0 Å². The average Bonchev–Trinajstić information content (AvgIpc) is 2.38. The molecule has 0 saturated carbocycles. The summed E-state index contributed by atoms with van der Waals surface area (Å²) in [4.78, 5) is 35.0. The molecule has 0 aromatic heterocycles. The summed E-state index contributed by atoms with van der Waals surface area (Å²) in [5.74, 6) is -1.12. The van der Waals surface area contributed by atoms with Crippen LogP contribution in [0.25, 0.3) is 0 Å². The molecular formula is C13H16N2O4. The number of ether oxygens (including phenoxy) is 1. The van der Waals surface area contributed by atoms with Crippen LogP contribution < -0.4 is 10.2 Å². The smallest absolute Gasteiger partial charge is 0.315 e. The van der Waals surface area contributed by atoms with Crippen LogP contribution in [0.1, 0.15) is 13.3 Å². The first-order chi connectivity index (χ1) is 8.93. The lowest BCUT2D eigenvalue weighted by molar-refractivity contribution is -0.142. The second-order valence-corrected chi connectivity index (χ2v) is 3.93. The van der Waals surface area contributed by atoms with E-state index in [1.54, 1.807) is 31.3 Å². The van der Waals surface area contributed by atoms with Gasteiger partial charge in [-0.3, -0.25) is 14.4 Å². The van der Waals surface area contributed by atoms with Gasteiger partial charge in [-0.25, -0.2) is 0 Å². The van der Waals surface area contributed by atoms with Gasteiger partial charge in [0.1, 0.15) is 6.42 Å². The largest absolute Gasteiger partial charge is 0.469 e. The number of carbonyl (C=O) groups excluding carboxylic acids is 3. The normalized spacial score (nSPS) is 9.63. The number of methoxy groups -OCH3 is 1. The zero-order valence-electron chi connectivity index (χ0n) is 11.1. The maximum Gasteiger partial charge on any atom is 0.315 e. The van der Waals surface area contributed by atoms with Gasteiger partial charge < -0.3 is 15.0 Å². The molecule has 19 heavy (non-hydrogen) atoms. The van der Waals surface area contributed by atoms with Crippen LogP contribution in [0.5, 0.6) is 0 Å². The van der Waals surface area contributed by atoms with Gasteiger partial charge in [0.2, 0.25) is 11.8 Å². The molecule has 1 aromatic rings. The van der Waals surface area contributed by atoms with Crippen LogP contribution in [0, 0.1) is 0 Å². The van der Waals surface area contributed by atoms with E-state index in [0.29, 0.717) is 5.69 Å². The van der Waals surface area contributed by atoms with Gasteiger partial charge in [0.15, 0.2) is 0 Å². The molecule has 0 aliphatic heterocycles. The molecule has 0 radical (unpaired) electrons. The van der Waals surface area contributed by atoms with Gasteiger partial charge >= 0.3 is 5.97 Å². The molecule has 0 bridgehead atoms. The van der Waals surface area contributed by atoms with Crippen molar-refractivity contribution in [3.8, 4) is 0 Å². The van der Waals surface area contributed by atoms with Crippen LogP contribution in [0.4, 0.5) is 11.4 Å². The second kappa shape index (κ2) is 6.53. The second-order valence-electron chi connectivity index (χ2n) is 3.93. The summed E-state index contributed by atoms with van der Waals surface area (Å²) in [5.41, 5.74) is 1.27. The topological polar surface area (TPSA) is 75.7 Å². The Morgan fingerprint density at radius 2 is 1.79 bits per heavy atom. The molecule has 2 amide bonds. The van der Waals surface area contributed by atoms with Crippen LogP contribution in [0.15, 0.2) is 24.3 Å². The standard InChI is InChI=1S/C13H16N2O4/c1-9(16)15(2)11-6-4-10(5-7-11)14-12(17)8-13(18)19-3/h4-7H,8H2,1-3H3,(H,14,17). The van der Waals surface area contributed by atoms with Gasteiger partial charge in [-0.2, -0.15) is 0 Å². The van der Waals surface area contributed by atoms with Crippen LogP contribution >= 0.6 is 0 Å². The van der Waals surface area contributed by atoms with Crippen molar-refractivity contribution < 1.29 is 19.1 Å². The lowest BCUT2D eigenvalue weighted by atomic mass is 10.2. The first kappa shape index (κ1) is 14.7. The van der Waals surface area contributed by atoms with Crippen LogP contribution in [-0.2, 0) is 19.1 Å². The van der Waals surface area contributed by atoms with E-state index >= 15 is 0 Å². The highest BCUT2D eigenvalue weighted by molar-refractivity contribution is 6.02. The molecule has 1 rings (SSSR count). The Balaban J connectivity index is 2.64. The summed E-state index contributed by atoms with van der Waals surface area (Å²) in [6, 6.07) is 6.72. The van der Waals surface area contributed by atoms with Crippen molar-refractivity contribution in [2.75, 3.05) is 24.4 Å². The van der Waals surface area contributed by atoms with Gasteiger partial charge in [0.05, 0.1) is 7.11 Å². The quantitative estimate of drug-likeness (QED) is 0.654. The number of carbonyl (C=O) groups is 3. The van der Waals surface area contributed by atoms with E-state index in [9.17, 15) is 14.4 Å². The third-order valence-corrected chi connectivity index (χ3v) is 2.54. The fourth-order valence-corrected chi connectivity index (χ4v) is 1.36. The van der Waals surface area contributed by atoms with E-state index in [1.807, 2.05) is 0 Å². The van der Waals surface area contributed by atoms with E-state index in [-0.39, 0.29) is 12.3 Å². The number of hydrogen-bond acceptors (Lipinski definition) is 4. The van der Waals surface area contributed by atoms with Gasteiger partial charge in [-0.1, -0.05) is 0 Å². The molecule has 1 aromatic carbocycles. The molecule has 0 fully saturated rings. The first-order valence-electron chi connectivity index (χ1n) is 5.65. The Morgan fingerprint density at radius 1 is 1.21 bits per heavy atom. The summed E-state index contributed by atoms with van der Waals surface area (Å²) in [6.07, 6.45) is -0.328. The number of nitrogens with zero attached hydrogens (tertiary/aromatic N) is 1. The molecule has 6 nitrogen and oxygen atoms in total. The molecule has 0 heterocycles. The number of nitrogens with one attached hydrogen (secondary N) is 1. The summed E-state index contributed by atoms with van der Waals surface area (Å²) < 4.78 is 4.39. The third-order valence-electron chi connectivity index (χ3n) is 2.54. The number of amides is 2. The monoisotopic (exact) mass is 264 g/mol. The van der Waals surface area contributed by atoms with Crippen molar-refractivity contribution in [2.45, 2.75) is 13.3 Å². The maximum absolute atomic E-state index is 11.4. The molecule has 0 aliphatic rings. The van der Waals surface area contributed by atoms with Crippen LogP contribution in [0.3, 0.4) is 0 Å². The summed E-state index contributed by atoms with van der Waals surface area (Å²) >= 11 is 0. The molecule has 0 unspecified atom stereocenters. The number of esters is 1. The van der Waals surface area contributed by atoms with Crippen molar-refractivity contribution in [1.82, 2.24) is 0 Å². The summed E-state index contributed by atoms with van der Waals surface area (Å²) in [5, 5.41) is 2.56. The molecule has 6 heteroatoms. The SMILES string of the molecule is COC(=O)CC(=O)Nc1ccc(N(C)C(C)=O)cc1. The predicted octanol–water partition coefficient (Wildman–Crippen LogP) is 1.17. The number of benzene rings is 1. The van der Waals surface area contributed by atoms with Gasteiger partial charge in [-0.15, -0.1) is 0 Å². The Bertz CT molecular complexity index is 482. The fraction of sp³-hybridized carbons (Fsp3) is 0.308. The van der Waals surface area contributed by atoms with Crippen molar-refractivity contribution in [3.63, 3.8) is 0 Å². The predicted molar refractivity (Wildman–Crippen MR) is 70.8 cm³/mol. The minimum atomic E-state index is -0.592. The molecule has 0 atom stereocenters.